The van der Waals surface area contributed by atoms with Gasteiger partial charge < -0.3 is 9.47 Å². The van der Waals surface area contributed by atoms with Crippen LogP contribution in [-0.4, -0.2) is 34.7 Å². The number of hydrogen-bond acceptors (Lipinski definition) is 5. The molecule has 1 aliphatic heterocycles. The lowest BCUT2D eigenvalue weighted by Crippen LogP contribution is -2.41. The highest BCUT2D eigenvalue weighted by atomic mass is 79.9. The van der Waals surface area contributed by atoms with Crippen molar-refractivity contribution in [2.24, 2.45) is 4.99 Å². The number of amides is 1. The first-order valence-electron chi connectivity index (χ1n) is 14.2. The highest BCUT2D eigenvalue weighted by Crippen LogP contribution is 2.41. The number of nitrogens with zero attached hydrogens (tertiary/aromatic N) is 2. The van der Waals surface area contributed by atoms with E-state index < -0.39 is 0 Å². The van der Waals surface area contributed by atoms with Gasteiger partial charge >= 0.3 is 0 Å². The average molecular weight is 616 g/mol. The van der Waals surface area contributed by atoms with E-state index in [0.29, 0.717) is 33.5 Å². The normalized spacial score (nSPS) is 21.2. The van der Waals surface area contributed by atoms with E-state index in [0.717, 1.165) is 54.8 Å². The number of carbonyl (C=O) groups is 1. The Labute approximate surface area is 243 Å². The Morgan fingerprint density at radius 2 is 1.79 bits per heavy atom. The van der Waals surface area contributed by atoms with Gasteiger partial charge in [-0.15, -0.1) is 0 Å². The third kappa shape index (κ3) is 7.07. The molecule has 8 heteroatoms. The largest absolute Gasteiger partial charge is 0.490 e. The van der Waals surface area contributed by atoms with Crippen LogP contribution in [-0.2, 0) is 11.4 Å². The van der Waals surface area contributed by atoms with E-state index in [9.17, 15) is 9.18 Å². The van der Waals surface area contributed by atoms with Gasteiger partial charge in [-0.05, 0) is 102 Å². The highest BCUT2D eigenvalue weighted by molar-refractivity contribution is 9.10. The fraction of sp³-hybridized carbons (Fsp3) is 0.484. The van der Waals surface area contributed by atoms with Crippen molar-refractivity contribution in [2.75, 3.05) is 6.61 Å². The maximum absolute atomic E-state index is 13.8. The van der Waals surface area contributed by atoms with Crippen molar-refractivity contribution < 1.29 is 18.7 Å². The van der Waals surface area contributed by atoms with Crippen LogP contribution in [0.2, 0.25) is 0 Å². The van der Waals surface area contributed by atoms with Crippen LogP contribution in [0.15, 0.2) is 50.8 Å². The number of halogens is 2. The van der Waals surface area contributed by atoms with Gasteiger partial charge in [-0.25, -0.2) is 4.39 Å². The number of thioether (sulfide) groups is 1. The van der Waals surface area contributed by atoms with Crippen molar-refractivity contribution in [3.8, 4) is 11.5 Å². The van der Waals surface area contributed by atoms with Crippen LogP contribution in [0, 0.1) is 5.82 Å². The molecule has 1 heterocycles. The summed E-state index contributed by atoms with van der Waals surface area (Å²) < 4.78 is 26.3. The molecule has 0 spiro atoms. The molecule has 0 unspecified atom stereocenters. The Bertz CT molecular complexity index is 1240. The third-order valence-electron chi connectivity index (χ3n) is 7.55. The van der Waals surface area contributed by atoms with E-state index in [1.807, 2.05) is 36.1 Å². The number of carbonyl (C=O) groups excluding carboxylic acids is 1. The van der Waals surface area contributed by atoms with Gasteiger partial charge in [-0.3, -0.25) is 14.7 Å². The fourth-order valence-corrected chi connectivity index (χ4v) is 7.30. The standard InChI is InChI=1S/C31H36BrFN2O3S/c1-2-37-27-18-22(17-26(32)29(27)38-20-21-10-9-11-23(33)16-21)19-28-30(36)35(25-14-7-4-8-15-25)31(39-28)34-24-12-5-3-6-13-24/h9-11,16-19,24-25H,2-8,12-15,20H2,1H3. The minimum Gasteiger partial charge on any atom is -0.490 e. The molecule has 2 saturated carbocycles. The Morgan fingerprint density at radius 3 is 2.51 bits per heavy atom. The highest BCUT2D eigenvalue weighted by Gasteiger charge is 2.39. The second-order valence-electron chi connectivity index (χ2n) is 10.5. The van der Waals surface area contributed by atoms with E-state index in [1.165, 1.54) is 49.6 Å². The van der Waals surface area contributed by atoms with E-state index >= 15 is 0 Å². The molecule has 0 bridgehead atoms. The Kier molecular flexibility index (Phi) is 9.66. The first kappa shape index (κ1) is 28.2. The molecule has 0 radical (unpaired) electrons. The molecular formula is C31H36BrFN2O3S. The quantitative estimate of drug-likeness (QED) is 0.280. The van der Waals surface area contributed by atoms with Crippen LogP contribution < -0.4 is 9.47 Å². The lowest BCUT2D eigenvalue weighted by molar-refractivity contribution is -0.124. The number of ether oxygens (including phenoxy) is 2. The van der Waals surface area contributed by atoms with E-state index in [2.05, 4.69) is 15.9 Å². The predicted molar refractivity (Wildman–Crippen MR) is 160 cm³/mol. The molecule has 39 heavy (non-hydrogen) atoms. The summed E-state index contributed by atoms with van der Waals surface area (Å²) in [4.78, 5) is 21.6. The Hall–Kier alpha value is -2.32. The smallest absolute Gasteiger partial charge is 0.266 e. The van der Waals surface area contributed by atoms with Gasteiger partial charge in [0, 0.05) is 6.04 Å². The van der Waals surface area contributed by atoms with Crippen molar-refractivity contribution in [1.82, 2.24) is 4.90 Å². The lowest BCUT2D eigenvalue weighted by Gasteiger charge is -2.31. The number of rotatable bonds is 8. The predicted octanol–water partition coefficient (Wildman–Crippen LogP) is 8.50. The van der Waals surface area contributed by atoms with Crippen molar-refractivity contribution >= 4 is 44.8 Å². The second-order valence-corrected chi connectivity index (χ2v) is 12.3. The molecule has 1 saturated heterocycles. The van der Waals surface area contributed by atoms with Gasteiger partial charge in [-0.2, -0.15) is 0 Å². The first-order valence-corrected chi connectivity index (χ1v) is 15.8. The summed E-state index contributed by atoms with van der Waals surface area (Å²) in [5.41, 5.74) is 1.58. The number of aliphatic imine (C=N–C) groups is 1. The summed E-state index contributed by atoms with van der Waals surface area (Å²) in [6, 6.07) is 10.7. The minimum absolute atomic E-state index is 0.0574. The molecule has 208 valence electrons. The van der Waals surface area contributed by atoms with Crippen molar-refractivity contribution in [3.05, 3.63) is 62.7 Å². The molecule has 0 atom stereocenters. The van der Waals surface area contributed by atoms with Crippen molar-refractivity contribution in [3.63, 3.8) is 0 Å². The fourth-order valence-electron chi connectivity index (χ4n) is 5.61. The topological polar surface area (TPSA) is 51.1 Å². The van der Waals surface area contributed by atoms with E-state index in [4.69, 9.17) is 14.5 Å². The van der Waals surface area contributed by atoms with E-state index in [1.54, 1.807) is 6.07 Å². The van der Waals surface area contributed by atoms with Gasteiger partial charge in [0.25, 0.3) is 5.91 Å². The molecule has 0 N–H and O–H groups in total. The second kappa shape index (κ2) is 13.4. The maximum atomic E-state index is 13.8. The first-order chi connectivity index (χ1) is 19.0. The molecule has 3 fully saturated rings. The molecule has 5 rings (SSSR count). The molecule has 2 aliphatic carbocycles. The molecule has 2 aromatic rings. The van der Waals surface area contributed by atoms with Crippen LogP contribution in [0.5, 0.6) is 11.5 Å². The van der Waals surface area contributed by atoms with Crippen molar-refractivity contribution in [2.45, 2.75) is 89.8 Å². The van der Waals surface area contributed by atoms with Crippen LogP contribution in [0.1, 0.15) is 82.3 Å². The number of amidine groups is 1. The summed E-state index contributed by atoms with van der Waals surface area (Å²) in [5.74, 6) is 0.888. The van der Waals surface area contributed by atoms with Crippen LogP contribution in [0.3, 0.4) is 0 Å². The SMILES string of the molecule is CCOc1cc(C=C2SC(=NC3CCCCC3)N(C3CCCCC3)C2=O)cc(Br)c1OCc1cccc(F)c1. The monoisotopic (exact) mass is 614 g/mol. The summed E-state index contributed by atoms with van der Waals surface area (Å²) in [6.45, 7) is 2.59. The summed E-state index contributed by atoms with van der Waals surface area (Å²) in [7, 11) is 0. The van der Waals surface area contributed by atoms with Gasteiger partial charge in [0.1, 0.15) is 12.4 Å². The Morgan fingerprint density at radius 1 is 1.05 bits per heavy atom. The third-order valence-corrected chi connectivity index (χ3v) is 9.13. The molecule has 3 aliphatic rings. The summed E-state index contributed by atoms with van der Waals surface area (Å²) >= 11 is 5.15. The molecule has 0 aromatic heterocycles. The Balaban J connectivity index is 1.41. The lowest BCUT2D eigenvalue weighted by atomic mass is 9.94. The molecule has 2 aromatic carbocycles. The number of benzene rings is 2. The van der Waals surface area contributed by atoms with E-state index in [-0.39, 0.29) is 24.4 Å². The zero-order valence-electron chi connectivity index (χ0n) is 22.5. The van der Waals surface area contributed by atoms with Gasteiger partial charge in [0.05, 0.1) is 22.0 Å². The molecule has 1 amide bonds. The van der Waals surface area contributed by atoms with Gasteiger partial charge in [0.15, 0.2) is 16.7 Å². The van der Waals surface area contributed by atoms with Crippen LogP contribution in [0.25, 0.3) is 6.08 Å². The maximum Gasteiger partial charge on any atom is 0.266 e. The minimum atomic E-state index is -0.297. The summed E-state index contributed by atoms with van der Waals surface area (Å²) in [6.07, 6.45) is 13.5. The zero-order valence-corrected chi connectivity index (χ0v) is 24.9. The average Bonchev–Trinajstić information content (AvgIpc) is 3.23. The van der Waals surface area contributed by atoms with Gasteiger partial charge in [-0.1, -0.05) is 50.7 Å². The van der Waals surface area contributed by atoms with Gasteiger partial charge in [0.2, 0.25) is 0 Å². The summed E-state index contributed by atoms with van der Waals surface area (Å²) in [5, 5.41) is 0.879. The van der Waals surface area contributed by atoms with Crippen molar-refractivity contribution in [1.29, 1.82) is 0 Å². The molecule has 5 nitrogen and oxygen atoms in total. The molecular weight excluding hydrogens is 579 g/mol. The van der Waals surface area contributed by atoms with Crippen LogP contribution >= 0.6 is 27.7 Å². The zero-order chi connectivity index (χ0) is 27.2. The number of hydrogen-bond donors (Lipinski definition) is 0. The van der Waals surface area contributed by atoms with Crippen LogP contribution in [0.4, 0.5) is 4.39 Å².